The predicted octanol–water partition coefficient (Wildman–Crippen LogP) is 7.50. The van der Waals surface area contributed by atoms with Crippen LogP contribution in [0.2, 0.25) is 0 Å². The summed E-state index contributed by atoms with van der Waals surface area (Å²) in [6, 6.07) is 49.3. The Hall–Kier alpha value is -3.12. The van der Waals surface area contributed by atoms with E-state index in [9.17, 15) is 0 Å². The summed E-state index contributed by atoms with van der Waals surface area (Å²) in [4.78, 5) is 0. The Kier molecular flexibility index (Phi) is 7.84. The van der Waals surface area contributed by atoms with Crippen molar-refractivity contribution in [2.75, 3.05) is 0 Å². The molecule has 31 heavy (non-hydrogen) atoms. The van der Waals surface area contributed by atoms with Gasteiger partial charge in [-0.2, -0.15) is 17.7 Å². The molecule has 0 N–H and O–H groups in total. The van der Waals surface area contributed by atoms with E-state index < -0.39 is 0 Å². The number of benzene rings is 3. The van der Waals surface area contributed by atoms with Crippen LogP contribution in [0.1, 0.15) is 27.8 Å². The molecule has 0 bridgehead atoms. The first kappa shape index (κ1) is 22.6. The van der Waals surface area contributed by atoms with Gasteiger partial charge in [0.15, 0.2) is 0 Å². The standard InChI is InChI=1S/C24H19.C6H7.Fe/c1-4-12-20(13-5-1)24(23-18-10-11-19-23,21-14-6-2-7-15-21)22-16-8-3-9-17-22;1-6-4-2-3-5-6;/h1-19H;2-5H,1H3;/q-5;-1;. The second-order valence-corrected chi connectivity index (χ2v) is 7.48. The van der Waals surface area contributed by atoms with Crippen molar-refractivity contribution >= 4 is 0 Å². The van der Waals surface area contributed by atoms with E-state index in [4.69, 9.17) is 0 Å². The Morgan fingerprint density at radius 3 is 1.19 bits per heavy atom. The molecule has 5 aromatic carbocycles. The molecular formula is C30H26Fe-6. The van der Waals surface area contributed by atoms with E-state index >= 15 is 0 Å². The third-order valence-corrected chi connectivity index (χ3v) is 5.55. The molecule has 0 spiro atoms. The number of hydrogen-bond donors (Lipinski definition) is 0. The first-order chi connectivity index (χ1) is 14.8. The fourth-order valence-electron chi connectivity index (χ4n) is 4.16. The van der Waals surface area contributed by atoms with E-state index in [0.29, 0.717) is 0 Å². The van der Waals surface area contributed by atoms with Crippen LogP contribution in [0.5, 0.6) is 0 Å². The minimum absolute atomic E-state index is 0. The van der Waals surface area contributed by atoms with Crippen LogP contribution < -0.4 is 0 Å². The Balaban J connectivity index is 0.000000338. The van der Waals surface area contributed by atoms with Crippen molar-refractivity contribution in [2.24, 2.45) is 0 Å². The van der Waals surface area contributed by atoms with Crippen LogP contribution in [0.25, 0.3) is 0 Å². The van der Waals surface area contributed by atoms with Gasteiger partial charge < -0.3 is 29.8 Å². The summed E-state index contributed by atoms with van der Waals surface area (Å²) in [7, 11) is 0. The van der Waals surface area contributed by atoms with E-state index in [1.54, 1.807) is 0 Å². The molecule has 0 atom stereocenters. The van der Waals surface area contributed by atoms with Crippen LogP contribution in [0.3, 0.4) is 0 Å². The van der Waals surface area contributed by atoms with E-state index in [1.165, 1.54) is 27.8 Å². The third kappa shape index (κ3) is 4.80. The van der Waals surface area contributed by atoms with Gasteiger partial charge in [-0.3, -0.25) is 0 Å². The maximum Gasteiger partial charge on any atom is 0 e. The van der Waals surface area contributed by atoms with Crippen molar-refractivity contribution in [3.8, 4) is 0 Å². The zero-order valence-corrected chi connectivity index (χ0v) is 18.7. The summed E-state index contributed by atoms with van der Waals surface area (Å²) < 4.78 is 0. The van der Waals surface area contributed by atoms with Crippen LogP contribution in [0.15, 0.2) is 140 Å². The zero-order chi connectivity index (χ0) is 20.7. The van der Waals surface area contributed by atoms with Gasteiger partial charge in [-0.25, -0.2) is 12.1 Å². The largest absolute Gasteiger partial charge is 0.748 e. The van der Waals surface area contributed by atoms with Crippen LogP contribution in [0, 0.1) is 6.92 Å². The van der Waals surface area contributed by atoms with Gasteiger partial charge in [-0.1, -0.05) is 115 Å². The number of hydrogen-bond acceptors (Lipinski definition) is 0. The van der Waals surface area contributed by atoms with Crippen LogP contribution in [-0.4, -0.2) is 0 Å². The molecule has 160 valence electrons. The molecule has 0 aliphatic heterocycles. The Morgan fingerprint density at radius 2 is 0.903 bits per heavy atom. The van der Waals surface area contributed by atoms with Crippen LogP contribution in [-0.2, 0) is 22.5 Å². The molecule has 0 radical (unpaired) electrons. The molecule has 0 aliphatic carbocycles. The molecule has 0 aromatic heterocycles. The summed E-state index contributed by atoms with van der Waals surface area (Å²) in [5.74, 6) is 0. The van der Waals surface area contributed by atoms with Gasteiger partial charge in [0, 0.05) is 17.1 Å². The van der Waals surface area contributed by atoms with Crippen LogP contribution >= 0.6 is 0 Å². The normalized spacial score (nSPS) is 10.5. The van der Waals surface area contributed by atoms with Crippen molar-refractivity contribution in [1.29, 1.82) is 0 Å². The topological polar surface area (TPSA) is 0 Å². The molecule has 0 saturated carbocycles. The van der Waals surface area contributed by atoms with E-state index in [0.717, 1.165) is 0 Å². The van der Waals surface area contributed by atoms with E-state index in [-0.39, 0.29) is 22.5 Å². The molecule has 5 aromatic rings. The third-order valence-electron chi connectivity index (χ3n) is 5.55. The summed E-state index contributed by atoms with van der Waals surface area (Å²) in [6.45, 7) is 2.08. The van der Waals surface area contributed by atoms with Crippen molar-refractivity contribution in [1.82, 2.24) is 0 Å². The van der Waals surface area contributed by atoms with Crippen molar-refractivity contribution in [2.45, 2.75) is 12.3 Å². The first-order valence-corrected chi connectivity index (χ1v) is 10.4. The fraction of sp³-hybridized carbons (Fsp3) is 0.0667. The monoisotopic (exact) mass is 442 g/mol. The molecule has 0 heterocycles. The van der Waals surface area contributed by atoms with Crippen molar-refractivity contribution in [3.05, 3.63) is 167 Å². The molecule has 0 amide bonds. The van der Waals surface area contributed by atoms with E-state index in [2.05, 4.69) is 134 Å². The minimum atomic E-state index is -0.298. The molecule has 0 aliphatic rings. The van der Waals surface area contributed by atoms with Crippen LogP contribution in [0.4, 0.5) is 0 Å². The van der Waals surface area contributed by atoms with Crippen molar-refractivity contribution in [3.63, 3.8) is 0 Å². The predicted molar refractivity (Wildman–Crippen MR) is 127 cm³/mol. The SMILES string of the molecule is C[c-]1cccc1.[Fe].c1ccc(C(c2ccccc2)(c2ccccc2)[c-]2[cH-][cH-][cH-][cH-]2)cc1. The minimum Gasteiger partial charge on any atom is -0.748 e. The molecule has 1 heteroatoms. The maximum absolute atomic E-state index is 2.23. The molecule has 0 unspecified atom stereocenters. The molecule has 0 fully saturated rings. The Labute approximate surface area is 196 Å². The molecule has 5 rings (SSSR count). The molecule has 0 saturated heterocycles. The van der Waals surface area contributed by atoms with Gasteiger partial charge in [0.25, 0.3) is 0 Å². The Morgan fingerprint density at radius 1 is 0.548 bits per heavy atom. The van der Waals surface area contributed by atoms with Gasteiger partial charge in [-0.15, -0.1) is 5.41 Å². The fourth-order valence-corrected chi connectivity index (χ4v) is 4.16. The quantitative estimate of drug-likeness (QED) is 0.154. The maximum atomic E-state index is 2.23. The summed E-state index contributed by atoms with van der Waals surface area (Å²) >= 11 is 0. The second kappa shape index (κ2) is 10.8. The Bertz CT molecular complexity index is 1010. The summed E-state index contributed by atoms with van der Waals surface area (Å²) in [5, 5.41) is 0. The van der Waals surface area contributed by atoms with Crippen molar-refractivity contribution < 1.29 is 17.1 Å². The molecule has 0 nitrogen and oxygen atoms in total. The average Bonchev–Trinajstić information content (AvgIpc) is 3.52. The number of aryl methyl sites for hydroxylation is 1. The summed E-state index contributed by atoms with van der Waals surface area (Å²) in [5.41, 5.74) is 6.20. The summed E-state index contributed by atoms with van der Waals surface area (Å²) in [6.07, 6.45) is 0. The smallest absolute Gasteiger partial charge is 0 e. The second-order valence-electron chi connectivity index (χ2n) is 7.48. The number of rotatable bonds is 4. The van der Waals surface area contributed by atoms with E-state index in [1.807, 2.05) is 12.1 Å². The van der Waals surface area contributed by atoms with Gasteiger partial charge in [0.05, 0.1) is 0 Å². The molecular weight excluding hydrogens is 416 g/mol. The first-order valence-electron chi connectivity index (χ1n) is 10.4. The van der Waals surface area contributed by atoms with Gasteiger partial charge in [0.1, 0.15) is 0 Å². The van der Waals surface area contributed by atoms with Gasteiger partial charge >= 0.3 is 0 Å². The zero-order valence-electron chi connectivity index (χ0n) is 17.6. The van der Waals surface area contributed by atoms with Gasteiger partial charge in [0.2, 0.25) is 0 Å². The van der Waals surface area contributed by atoms with Gasteiger partial charge in [-0.05, 0) is 0 Å². The average molecular weight is 442 g/mol.